The summed E-state index contributed by atoms with van der Waals surface area (Å²) in [6, 6.07) is 18.8. The number of ether oxygens (including phenoxy) is 1. The van der Waals surface area contributed by atoms with Crippen molar-refractivity contribution in [2.24, 2.45) is 0 Å². The van der Waals surface area contributed by atoms with Gasteiger partial charge in [0.25, 0.3) is 0 Å². The Bertz CT molecular complexity index is 2450. The Morgan fingerprint density at radius 2 is 1.60 bits per heavy atom. The lowest BCUT2D eigenvalue weighted by Crippen LogP contribution is -2.43. The van der Waals surface area contributed by atoms with Gasteiger partial charge in [-0.1, -0.05) is 36.3 Å². The number of hydrogen-bond acceptors (Lipinski definition) is 15. The van der Waals surface area contributed by atoms with Gasteiger partial charge in [0, 0.05) is 56.6 Å². The van der Waals surface area contributed by atoms with Gasteiger partial charge in [0.15, 0.2) is 29.0 Å². The van der Waals surface area contributed by atoms with Crippen molar-refractivity contribution in [3.63, 3.8) is 0 Å². The van der Waals surface area contributed by atoms with Crippen LogP contribution in [0.4, 0.5) is 29.7 Å². The second-order valence-corrected chi connectivity index (χ2v) is 14.7. The number of nitrogens with zero attached hydrogens (tertiary/aromatic N) is 7. The molecule has 2 fully saturated rings. The van der Waals surface area contributed by atoms with Gasteiger partial charge in [0.2, 0.25) is 5.95 Å². The summed E-state index contributed by atoms with van der Waals surface area (Å²) in [5, 5.41) is 63.0. The molecule has 2 saturated heterocycles. The number of aromatic nitrogens is 6. The summed E-state index contributed by atoms with van der Waals surface area (Å²) in [7, 11) is 0. The SMILES string of the molecule is CCc1cc([C@H]2O[C@@H](n3cnc4c(NCC(c5ccc(O)cc5)c5ccc(O)cc5)nc(N5CC[C@@H](NC(=O)NCc6ccncc6)C5)nc43)[C@H](O)[C@@H]2O)on1.O=C(O)C(F)(F)F. The lowest BCUT2D eigenvalue weighted by atomic mass is 9.91. The van der Waals surface area contributed by atoms with Crippen LogP contribution in [0.2, 0.25) is 0 Å². The largest absolute Gasteiger partial charge is 0.508 e. The Morgan fingerprint density at radius 3 is 2.21 bits per heavy atom. The molecule has 0 radical (unpaired) electrons. The van der Waals surface area contributed by atoms with Crippen LogP contribution in [0.1, 0.15) is 59.7 Å². The first-order chi connectivity index (χ1) is 30.2. The van der Waals surface area contributed by atoms with E-state index < -0.39 is 36.7 Å². The number of alkyl halides is 3. The highest BCUT2D eigenvalue weighted by Crippen LogP contribution is 2.41. The molecular formula is C41H43F3N10O9. The zero-order chi connectivity index (χ0) is 44.8. The summed E-state index contributed by atoms with van der Waals surface area (Å²) in [5.74, 6) is -1.64. The number of rotatable bonds is 12. The monoisotopic (exact) mass is 876 g/mol. The van der Waals surface area contributed by atoms with Crippen LogP contribution in [-0.4, -0.2) is 111 Å². The number of carbonyl (C=O) groups excluding carboxylic acids is 1. The Hall–Kier alpha value is -7.04. The standard InChI is InChI=1S/C39H42N10O7.C2HF3O2/c1-2-25-17-30(56-47-25)34-32(52)33(53)37(55-34)49-21-43-31-35(41-19-29(23-3-7-27(50)8-4-23)24-5-9-28(51)10-6-24)45-38(46-36(31)49)48-16-13-26(20-48)44-39(54)42-18-22-11-14-40-15-12-22;3-2(4,5)1(6)7/h3-12,14-15,17,21,26,29,32-34,37,50-53H,2,13,16,18-20H2,1H3,(H,41,45,46)(H2,42,44,54);(H,6,7)/t26-,32+,33-,34-,37-;/m1./s1. The zero-order valence-electron chi connectivity index (χ0n) is 33.4. The smallest absolute Gasteiger partial charge is 0.490 e. The number of nitrogens with one attached hydrogen (secondary N) is 3. The van der Waals surface area contributed by atoms with Crippen LogP contribution in [0.3, 0.4) is 0 Å². The molecule has 0 aliphatic carbocycles. The lowest BCUT2D eigenvalue weighted by Gasteiger charge is -2.22. The number of pyridine rings is 1. The fraction of sp³-hybridized carbons (Fsp3) is 0.341. The van der Waals surface area contributed by atoms with Crippen LogP contribution in [0, 0.1) is 0 Å². The third-order valence-electron chi connectivity index (χ3n) is 10.5. The molecule has 0 spiro atoms. The van der Waals surface area contributed by atoms with E-state index >= 15 is 0 Å². The van der Waals surface area contributed by atoms with E-state index in [0.717, 1.165) is 16.7 Å². The third-order valence-corrected chi connectivity index (χ3v) is 10.5. The molecule has 8 N–H and O–H groups in total. The molecule has 19 nitrogen and oxygen atoms in total. The number of phenolic OH excluding ortho intramolecular Hbond substituents is 2. The summed E-state index contributed by atoms with van der Waals surface area (Å²) >= 11 is 0. The number of amides is 2. The van der Waals surface area contributed by atoms with Crippen molar-refractivity contribution in [1.29, 1.82) is 0 Å². The van der Waals surface area contributed by atoms with E-state index in [-0.39, 0.29) is 29.5 Å². The van der Waals surface area contributed by atoms with E-state index in [1.54, 1.807) is 47.3 Å². The molecule has 22 heteroatoms. The highest BCUT2D eigenvalue weighted by atomic mass is 19.4. The molecule has 2 aliphatic rings. The van der Waals surface area contributed by atoms with Crippen molar-refractivity contribution in [3.05, 3.63) is 114 Å². The van der Waals surface area contributed by atoms with Crippen molar-refractivity contribution in [3.8, 4) is 11.5 Å². The van der Waals surface area contributed by atoms with Gasteiger partial charge in [-0.2, -0.15) is 23.1 Å². The number of aliphatic hydroxyl groups is 2. The molecule has 2 amide bonds. The maximum absolute atomic E-state index is 12.8. The van der Waals surface area contributed by atoms with Crippen LogP contribution in [0.25, 0.3) is 11.2 Å². The van der Waals surface area contributed by atoms with Gasteiger partial charge in [-0.25, -0.2) is 14.6 Å². The van der Waals surface area contributed by atoms with E-state index in [4.69, 9.17) is 29.1 Å². The number of halogens is 3. The molecule has 332 valence electrons. The van der Waals surface area contributed by atoms with Crippen LogP contribution >= 0.6 is 0 Å². The molecule has 2 aromatic carbocycles. The van der Waals surface area contributed by atoms with E-state index in [1.165, 1.54) is 6.33 Å². The minimum absolute atomic E-state index is 0.140. The number of fused-ring (bicyclic) bond motifs is 1. The van der Waals surface area contributed by atoms with E-state index in [1.807, 2.05) is 48.2 Å². The number of benzene rings is 2. The van der Waals surface area contributed by atoms with Crippen LogP contribution in [0.5, 0.6) is 11.5 Å². The second kappa shape index (κ2) is 18.9. The molecule has 2 aliphatic heterocycles. The van der Waals surface area contributed by atoms with Crippen molar-refractivity contribution in [2.75, 3.05) is 29.9 Å². The molecule has 8 rings (SSSR count). The molecule has 0 saturated carbocycles. The number of aliphatic hydroxyl groups excluding tert-OH is 2. The predicted octanol–water partition coefficient (Wildman–Crippen LogP) is 4.13. The number of carboxylic acid groups (broad SMARTS) is 1. The number of phenols is 2. The Labute approximate surface area is 356 Å². The molecule has 0 unspecified atom stereocenters. The van der Waals surface area contributed by atoms with Gasteiger partial charge < -0.3 is 55.6 Å². The number of aromatic hydroxyl groups is 2. The normalized spacial score (nSPS) is 19.8. The van der Waals surface area contributed by atoms with E-state index in [0.29, 0.717) is 73.4 Å². The highest BCUT2D eigenvalue weighted by Gasteiger charge is 2.47. The lowest BCUT2D eigenvalue weighted by molar-refractivity contribution is -0.192. The Kier molecular flexibility index (Phi) is 13.2. The number of anilines is 2. The van der Waals surface area contributed by atoms with Gasteiger partial charge in [0.05, 0.1) is 12.0 Å². The quantitative estimate of drug-likeness (QED) is 0.0859. The van der Waals surface area contributed by atoms with Crippen molar-refractivity contribution in [2.45, 2.75) is 69.0 Å². The molecule has 0 bridgehead atoms. The number of imidazole rings is 1. The van der Waals surface area contributed by atoms with Gasteiger partial charge in [-0.15, -0.1) is 0 Å². The van der Waals surface area contributed by atoms with Gasteiger partial charge >= 0.3 is 18.2 Å². The number of carbonyl (C=O) groups is 2. The molecule has 63 heavy (non-hydrogen) atoms. The Morgan fingerprint density at radius 1 is 0.952 bits per heavy atom. The van der Waals surface area contributed by atoms with Crippen molar-refractivity contribution in [1.82, 2.24) is 40.3 Å². The minimum Gasteiger partial charge on any atom is -0.508 e. The van der Waals surface area contributed by atoms with Crippen LogP contribution in [-0.2, 0) is 22.5 Å². The van der Waals surface area contributed by atoms with Gasteiger partial charge in [0.1, 0.15) is 29.8 Å². The first-order valence-corrected chi connectivity index (χ1v) is 19.7. The average Bonchev–Trinajstić information content (AvgIpc) is 4.09. The van der Waals surface area contributed by atoms with Gasteiger partial charge in [-0.3, -0.25) is 9.55 Å². The van der Waals surface area contributed by atoms with Crippen molar-refractivity contribution >= 4 is 34.9 Å². The topological polar surface area (TPSA) is 266 Å². The number of carboxylic acids is 1. The van der Waals surface area contributed by atoms with E-state index in [9.17, 15) is 38.4 Å². The number of hydrogen-bond donors (Lipinski definition) is 8. The predicted molar refractivity (Wildman–Crippen MR) is 217 cm³/mol. The molecule has 6 aromatic rings. The fourth-order valence-corrected chi connectivity index (χ4v) is 7.13. The summed E-state index contributed by atoms with van der Waals surface area (Å²) in [5.41, 5.74) is 4.19. The van der Waals surface area contributed by atoms with Crippen LogP contribution < -0.4 is 20.9 Å². The minimum atomic E-state index is -5.08. The maximum atomic E-state index is 12.8. The summed E-state index contributed by atoms with van der Waals surface area (Å²) in [6.45, 7) is 3.61. The number of urea groups is 1. The summed E-state index contributed by atoms with van der Waals surface area (Å²) in [4.78, 5) is 42.2. The number of aryl methyl sites for hydroxylation is 1. The second-order valence-electron chi connectivity index (χ2n) is 14.7. The van der Waals surface area contributed by atoms with Gasteiger partial charge in [-0.05, 0) is 65.9 Å². The molecular weight excluding hydrogens is 834 g/mol. The highest BCUT2D eigenvalue weighted by molar-refractivity contribution is 5.84. The Balaban J connectivity index is 0.000000785. The molecule has 6 heterocycles. The molecule has 5 atom stereocenters. The van der Waals surface area contributed by atoms with E-state index in [2.05, 4.69) is 31.1 Å². The first kappa shape index (κ1) is 44.0. The average molecular weight is 877 g/mol. The fourth-order valence-electron chi connectivity index (χ4n) is 7.13. The van der Waals surface area contributed by atoms with Crippen LogP contribution in [0.15, 0.2) is 90.0 Å². The summed E-state index contributed by atoms with van der Waals surface area (Å²) in [6.07, 6.45) is -3.70. The van der Waals surface area contributed by atoms with Crippen molar-refractivity contribution < 1.29 is 57.6 Å². The molecule has 4 aromatic heterocycles. The maximum Gasteiger partial charge on any atom is 0.490 e. The number of aliphatic carboxylic acids is 1. The first-order valence-electron chi connectivity index (χ1n) is 19.7. The zero-order valence-corrected chi connectivity index (χ0v) is 33.4. The third kappa shape index (κ3) is 10.4. The summed E-state index contributed by atoms with van der Waals surface area (Å²) < 4.78 is 45.0.